The molecule has 0 unspecified atom stereocenters. The maximum atomic E-state index is 13.0. The van der Waals surface area contributed by atoms with E-state index in [0.29, 0.717) is 19.3 Å². The Morgan fingerprint density at radius 1 is 1.24 bits per heavy atom. The Morgan fingerprint density at radius 3 is 2.53 bits per heavy atom. The van der Waals surface area contributed by atoms with Gasteiger partial charge in [0.1, 0.15) is 6.10 Å². The molecule has 0 amide bonds. The number of rotatable bonds is 12. The average molecular weight is 490 g/mol. The van der Waals surface area contributed by atoms with Gasteiger partial charge in [-0.3, -0.25) is 9.59 Å². The molecular formula is C26H42NaO7. The molecular weight excluding hydrogens is 447 g/mol. The third kappa shape index (κ3) is 9.07. The molecule has 7 atom stereocenters. The number of carbonyl (C=O) groups is 2. The van der Waals surface area contributed by atoms with E-state index in [1.807, 2.05) is 26.0 Å². The van der Waals surface area contributed by atoms with E-state index in [2.05, 4.69) is 19.9 Å². The first-order valence-corrected chi connectivity index (χ1v) is 12.3. The molecule has 189 valence electrons. The van der Waals surface area contributed by atoms with Crippen molar-refractivity contribution in [3.05, 3.63) is 23.8 Å². The number of carboxylic acids is 1. The minimum atomic E-state index is -1.09. The normalized spacial score (nSPS) is 28.2. The summed E-state index contributed by atoms with van der Waals surface area (Å²) in [5.41, 5.74) is 0.367. The molecule has 0 heterocycles. The fourth-order valence-corrected chi connectivity index (χ4v) is 5.11. The Morgan fingerprint density at radius 2 is 1.91 bits per heavy atom. The smallest absolute Gasteiger partial charge is 0.311 e. The van der Waals surface area contributed by atoms with Gasteiger partial charge < -0.3 is 25.2 Å². The van der Waals surface area contributed by atoms with Crippen molar-refractivity contribution in [1.29, 1.82) is 0 Å². The first kappa shape index (κ1) is 31.3. The summed E-state index contributed by atoms with van der Waals surface area (Å²) in [6.45, 7) is 7.99. The predicted octanol–water partition coefficient (Wildman–Crippen LogP) is 3.23. The Kier molecular flexibility index (Phi) is 13.0. The predicted molar refractivity (Wildman–Crippen MR) is 131 cm³/mol. The summed E-state index contributed by atoms with van der Waals surface area (Å²) in [4.78, 5) is 23.8. The van der Waals surface area contributed by atoms with E-state index >= 15 is 0 Å². The Balaban J connectivity index is 0.00000578. The van der Waals surface area contributed by atoms with Crippen molar-refractivity contribution >= 4 is 41.5 Å². The number of fused-ring (bicyclic) bond motifs is 1. The van der Waals surface area contributed by atoms with Gasteiger partial charge in [-0.2, -0.15) is 0 Å². The largest absolute Gasteiger partial charge is 0.481 e. The van der Waals surface area contributed by atoms with E-state index in [1.54, 1.807) is 0 Å². The quantitative estimate of drug-likeness (QED) is 0.245. The molecule has 0 spiro atoms. The van der Waals surface area contributed by atoms with Gasteiger partial charge in [-0.15, -0.1) is 0 Å². The van der Waals surface area contributed by atoms with Crippen LogP contribution in [0, 0.1) is 23.2 Å². The topological polar surface area (TPSA) is 124 Å². The van der Waals surface area contributed by atoms with Gasteiger partial charge in [-0.1, -0.05) is 44.9 Å². The van der Waals surface area contributed by atoms with E-state index in [1.165, 1.54) is 0 Å². The number of carbonyl (C=O) groups excluding carboxylic acids is 1. The fraction of sp³-hybridized carbons (Fsp3) is 0.769. The second kappa shape index (κ2) is 14.1. The second-order valence-corrected chi connectivity index (χ2v) is 10.5. The molecule has 0 aliphatic heterocycles. The van der Waals surface area contributed by atoms with Gasteiger partial charge in [0.05, 0.1) is 30.1 Å². The number of unbranched alkanes of at least 4 members (excludes halogenated alkanes) is 1. The van der Waals surface area contributed by atoms with Gasteiger partial charge in [0.25, 0.3) is 0 Å². The van der Waals surface area contributed by atoms with Crippen LogP contribution in [0.2, 0.25) is 0 Å². The first-order chi connectivity index (χ1) is 15.4. The third-order valence-electron chi connectivity index (χ3n) is 7.13. The molecule has 0 aromatic rings. The maximum Gasteiger partial charge on any atom is 0.311 e. The molecule has 0 saturated heterocycles. The van der Waals surface area contributed by atoms with Crippen molar-refractivity contribution in [3.8, 4) is 0 Å². The minimum Gasteiger partial charge on any atom is -0.481 e. The van der Waals surface area contributed by atoms with Crippen LogP contribution in [0.3, 0.4) is 0 Å². The summed E-state index contributed by atoms with van der Waals surface area (Å²) < 4.78 is 6.05. The molecule has 4 N–H and O–H groups in total. The van der Waals surface area contributed by atoms with Crippen LogP contribution in [0.15, 0.2) is 23.8 Å². The van der Waals surface area contributed by atoms with Crippen LogP contribution in [0.5, 0.6) is 0 Å². The summed E-state index contributed by atoms with van der Waals surface area (Å²) in [6, 6.07) is 0. The van der Waals surface area contributed by atoms with Crippen LogP contribution in [0.1, 0.15) is 79.1 Å². The van der Waals surface area contributed by atoms with Crippen LogP contribution in [-0.4, -0.2) is 86.3 Å². The number of ether oxygens (including phenoxy) is 1. The molecule has 2 aliphatic rings. The molecule has 7 nitrogen and oxygen atoms in total. The summed E-state index contributed by atoms with van der Waals surface area (Å²) in [6.07, 6.45) is 6.61. The van der Waals surface area contributed by atoms with Gasteiger partial charge in [0.2, 0.25) is 0 Å². The van der Waals surface area contributed by atoms with Crippen molar-refractivity contribution < 1.29 is 34.8 Å². The van der Waals surface area contributed by atoms with Crippen molar-refractivity contribution in [3.63, 3.8) is 0 Å². The molecule has 0 fully saturated rings. The summed E-state index contributed by atoms with van der Waals surface area (Å²) in [5, 5.41) is 39.4. The molecule has 0 aromatic carbocycles. The van der Waals surface area contributed by atoms with Gasteiger partial charge >= 0.3 is 11.9 Å². The summed E-state index contributed by atoms with van der Waals surface area (Å²) >= 11 is 0. The number of allylic oxidation sites excluding steroid dienone is 2. The van der Waals surface area contributed by atoms with Crippen LogP contribution in [-0.2, 0) is 14.3 Å². The Hall–Kier alpha value is -0.700. The molecule has 1 radical (unpaired) electrons. The molecule has 2 rings (SSSR count). The minimum absolute atomic E-state index is 0. The second-order valence-electron chi connectivity index (χ2n) is 10.5. The number of hydrogen-bond acceptors (Lipinski definition) is 6. The Bertz CT molecular complexity index is 733. The monoisotopic (exact) mass is 489 g/mol. The zero-order valence-corrected chi connectivity index (χ0v) is 23.4. The number of hydrogen-bond donors (Lipinski definition) is 4. The maximum absolute atomic E-state index is 13.0. The van der Waals surface area contributed by atoms with Crippen molar-refractivity contribution in [2.45, 2.75) is 103 Å². The average Bonchev–Trinajstić information content (AvgIpc) is 2.70. The number of aliphatic hydroxyl groups is 3. The van der Waals surface area contributed by atoms with Gasteiger partial charge in [0, 0.05) is 41.9 Å². The number of carboxylic acid groups (broad SMARTS) is 1. The van der Waals surface area contributed by atoms with Gasteiger partial charge in [-0.05, 0) is 56.9 Å². The van der Waals surface area contributed by atoms with Crippen LogP contribution >= 0.6 is 0 Å². The fourth-order valence-electron chi connectivity index (χ4n) is 5.11. The van der Waals surface area contributed by atoms with E-state index in [4.69, 9.17) is 9.84 Å². The van der Waals surface area contributed by atoms with Gasteiger partial charge in [0.15, 0.2) is 0 Å². The zero-order chi connectivity index (χ0) is 24.8. The van der Waals surface area contributed by atoms with Gasteiger partial charge in [-0.25, -0.2) is 0 Å². The number of aliphatic carboxylic acids is 1. The van der Waals surface area contributed by atoms with Crippen molar-refractivity contribution in [2.75, 3.05) is 0 Å². The van der Waals surface area contributed by atoms with E-state index in [-0.39, 0.29) is 59.7 Å². The zero-order valence-electron chi connectivity index (χ0n) is 21.4. The van der Waals surface area contributed by atoms with Crippen molar-refractivity contribution in [1.82, 2.24) is 0 Å². The summed E-state index contributed by atoms with van der Waals surface area (Å²) in [5.74, 6) is -1.13. The number of aliphatic hydroxyl groups excluding tert-OH is 3. The molecule has 2 aliphatic carbocycles. The third-order valence-corrected chi connectivity index (χ3v) is 7.13. The SMILES string of the molecule is CCCCC(C)(C)C(=O)O[C@H]1C[C@H](O)C=C2C=C[C@H](C)[C@H](CC[C@@H](O)C[C@@H](O)CC(=O)O)[C@H]21.[Na]. The standard InChI is InChI=1S/C26H42O7.Na/c1-5-6-11-26(3,4)25(32)33-22-14-19(28)12-17-8-7-16(2)21(24(17)22)10-9-18(27)13-20(29)15-23(30)31;/h7-8,12,16,18-22,24,27-29H,5-6,9-11,13-15H2,1-4H3,(H,30,31);/t16-,18+,19+,20+,21-,22-,24-;/m0./s1. The van der Waals surface area contributed by atoms with Crippen LogP contribution < -0.4 is 0 Å². The summed E-state index contributed by atoms with van der Waals surface area (Å²) in [7, 11) is 0. The molecule has 34 heavy (non-hydrogen) atoms. The van der Waals surface area contributed by atoms with E-state index < -0.39 is 42.2 Å². The van der Waals surface area contributed by atoms with E-state index in [9.17, 15) is 24.9 Å². The molecule has 0 saturated carbocycles. The van der Waals surface area contributed by atoms with E-state index in [0.717, 1.165) is 24.8 Å². The molecule has 0 aromatic heterocycles. The number of esters is 1. The van der Waals surface area contributed by atoms with Crippen LogP contribution in [0.4, 0.5) is 0 Å². The van der Waals surface area contributed by atoms with Crippen molar-refractivity contribution in [2.24, 2.45) is 23.2 Å². The molecule has 0 bridgehead atoms. The first-order valence-electron chi connectivity index (χ1n) is 12.3. The van der Waals surface area contributed by atoms with Crippen LogP contribution in [0.25, 0.3) is 0 Å². The Labute approximate surface area is 225 Å². The molecule has 8 heteroatoms.